The average Bonchev–Trinajstić information content (AvgIpc) is 3.26. The van der Waals surface area contributed by atoms with E-state index >= 15 is 0 Å². The standard InChI is InChI=1S/C17H20N4O2S/c1-12-6-8-14(9-7-12)21(17(23)15-11-24-20-19-15)10-16(22)18-13-4-2-3-5-13/h6-9,11,13H,2-5,10H2,1H3,(H,18,22). The summed E-state index contributed by atoms with van der Waals surface area (Å²) in [4.78, 5) is 26.6. The Bertz CT molecular complexity index is 694. The lowest BCUT2D eigenvalue weighted by atomic mass is 10.2. The van der Waals surface area contributed by atoms with Crippen LogP contribution in [0.4, 0.5) is 5.69 Å². The lowest BCUT2D eigenvalue weighted by Crippen LogP contribution is -2.43. The van der Waals surface area contributed by atoms with Gasteiger partial charge in [0, 0.05) is 17.1 Å². The van der Waals surface area contributed by atoms with Crippen LogP contribution in [0.3, 0.4) is 0 Å². The van der Waals surface area contributed by atoms with Crippen LogP contribution >= 0.6 is 11.5 Å². The van der Waals surface area contributed by atoms with Crippen LogP contribution in [0.5, 0.6) is 0 Å². The third-order valence-corrected chi connectivity index (χ3v) is 4.70. The highest BCUT2D eigenvalue weighted by Gasteiger charge is 2.24. The molecule has 3 rings (SSSR count). The topological polar surface area (TPSA) is 75.2 Å². The predicted octanol–water partition coefficient (Wildman–Crippen LogP) is 2.55. The summed E-state index contributed by atoms with van der Waals surface area (Å²) in [5.74, 6) is -0.451. The van der Waals surface area contributed by atoms with Crippen molar-refractivity contribution in [2.75, 3.05) is 11.4 Å². The number of hydrogen-bond donors (Lipinski definition) is 1. The number of rotatable bonds is 5. The zero-order chi connectivity index (χ0) is 16.9. The Morgan fingerprint density at radius 3 is 2.58 bits per heavy atom. The number of nitrogens with one attached hydrogen (secondary N) is 1. The van der Waals surface area contributed by atoms with E-state index in [0.29, 0.717) is 5.69 Å². The first-order valence-corrected chi connectivity index (χ1v) is 8.92. The molecule has 1 saturated carbocycles. The first-order chi connectivity index (χ1) is 11.6. The van der Waals surface area contributed by atoms with Crippen molar-refractivity contribution in [1.29, 1.82) is 0 Å². The van der Waals surface area contributed by atoms with E-state index < -0.39 is 0 Å². The molecule has 0 aliphatic heterocycles. The van der Waals surface area contributed by atoms with Crippen molar-refractivity contribution in [3.8, 4) is 0 Å². The van der Waals surface area contributed by atoms with E-state index in [4.69, 9.17) is 0 Å². The fraction of sp³-hybridized carbons (Fsp3) is 0.412. The van der Waals surface area contributed by atoms with E-state index in [9.17, 15) is 9.59 Å². The van der Waals surface area contributed by atoms with Gasteiger partial charge in [-0.25, -0.2) is 0 Å². The molecule has 7 heteroatoms. The molecular formula is C17H20N4O2S. The molecule has 2 amide bonds. The zero-order valence-corrected chi connectivity index (χ0v) is 14.4. The third-order valence-electron chi connectivity index (χ3n) is 4.19. The van der Waals surface area contributed by atoms with Gasteiger partial charge in [0.2, 0.25) is 5.91 Å². The summed E-state index contributed by atoms with van der Waals surface area (Å²) >= 11 is 1.12. The van der Waals surface area contributed by atoms with Crippen molar-refractivity contribution < 1.29 is 9.59 Å². The van der Waals surface area contributed by atoms with Crippen LogP contribution in [0.1, 0.15) is 41.7 Å². The minimum absolute atomic E-state index is 0.0179. The Morgan fingerprint density at radius 1 is 1.25 bits per heavy atom. The Labute approximate surface area is 145 Å². The molecule has 1 fully saturated rings. The smallest absolute Gasteiger partial charge is 0.280 e. The van der Waals surface area contributed by atoms with Gasteiger partial charge in [-0.3, -0.25) is 14.5 Å². The molecule has 1 aliphatic rings. The van der Waals surface area contributed by atoms with Gasteiger partial charge in [0.25, 0.3) is 5.91 Å². The molecule has 0 saturated heterocycles. The fourth-order valence-electron chi connectivity index (χ4n) is 2.89. The maximum atomic E-state index is 12.7. The van der Waals surface area contributed by atoms with Gasteiger partial charge < -0.3 is 5.32 Å². The number of carbonyl (C=O) groups excluding carboxylic acids is 2. The summed E-state index contributed by atoms with van der Waals surface area (Å²) in [5, 5.41) is 8.46. The largest absolute Gasteiger partial charge is 0.352 e. The lowest BCUT2D eigenvalue weighted by molar-refractivity contribution is -0.120. The first-order valence-electron chi connectivity index (χ1n) is 8.08. The average molecular weight is 344 g/mol. The fourth-order valence-corrected chi connectivity index (χ4v) is 3.32. The molecule has 2 aromatic rings. The number of anilines is 1. The number of aromatic nitrogens is 2. The van der Waals surface area contributed by atoms with Gasteiger partial charge in [-0.2, -0.15) is 0 Å². The van der Waals surface area contributed by atoms with Gasteiger partial charge in [0.1, 0.15) is 6.54 Å². The van der Waals surface area contributed by atoms with E-state index in [1.807, 2.05) is 31.2 Å². The Hall–Kier alpha value is -2.28. The summed E-state index contributed by atoms with van der Waals surface area (Å²) in [6, 6.07) is 7.76. The Balaban J connectivity index is 1.77. The van der Waals surface area contributed by atoms with Crippen LogP contribution in [0.15, 0.2) is 29.6 Å². The van der Waals surface area contributed by atoms with E-state index in [2.05, 4.69) is 14.9 Å². The second-order valence-corrected chi connectivity index (χ2v) is 6.68. The Kier molecular flexibility index (Phi) is 5.20. The van der Waals surface area contributed by atoms with Crippen LogP contribution in [0.2, 0.25) is 0 Å². The highest BCUT2D eigenvalue weighted by atomic mass is 32.1. The number of carbonyl (C=O) groups is 2. The molecule has 126 valence electrons. The van der Waals surface area contributed by atoms with Gasteiger partial charge in [-0.1, -0.05) is 35.0 Å². The maximum absolute atomic E-state index is 12.7. The number of hydrogen-bond acceptors (Lipinski definition) is 5. The van der Waals surface area contributed by atoms with E-state index in [-0.39, 0.29) is 30.1 Å². The molecule has 1 N–H and O–H groups in total. The number of amides is 2. The van der Waals surface area contributed by atoms with Crippen molar-refractivity contribution >= 4 is 29.0 Å². The molecule has 1 heterocycles. The molecule has 1 aromatic carbocycles. The molecule has 1 aliphatic carbocycles. The molecule has 24 heavy (non-hydrogen) atoms. The highest BCUT2D eigenvalue weighted by molar-refractivity contribution is 7.03. The first kappa shape index (κ1) is 16.6. The normalized spacial score (nSPS) is 14.5. The van der Waals surface area contributed by atoms with E-state index in [0.717, 1.165) is 42.8 Å². The summed E-state index contributed by atoms with van der Waals surface area (Å²) in [6.45, 7) is 1.96. The second-order valence-electron chi connectivity index (χ2n) is 6.07. The van der Waals surface area contributed by atoms with Crippen molar-refractivity contribution in [1.82, 2.24) is 14.9 Å². The van der Waals surface area contributed by atoms with Crippen molar-refractivity contribution in [2.45, 2.75) is 38.6 Å². The molecule has 0 radical (unpaired) electrons. The quantitative estimate of drug-likeness (QED) is 0.904. The van der Waals surface area contributed by atoms with Gasteiger partial charge >= 0.3 is 0 Å². The minimum Gasteiger partial charge on any atom is -0.352 e. The molecular weight excluding hydrogens is 324 g/mol. The molecule has 6 nitrogen and oxygen atoms in total. The van der Waals surface area contributed by atoms with Gasteiger partial charge in [0.05, 0.1) is 0 Å². The van der Waals surface area contributed by atoms with Crippen molar-refractivity contribution in [3.05, 3.63) is 40.9 Å². The van der Waals surface area contributed by atoms with Crippen LogP contribution in [0, 0.1) is 6.92 Å². The molecule has 0 atom stereocenters. The lowest BCUT2D eigenvalue weighted by Gasteiger charge is -2.22. The zero-order valence-electron chi connectivity index (χ0n) is 13.6. The van der Waals surface area contributed by atoms with Crippen LogP contribution in [-0.2, 0) is 4.79 Å². The van der Waals surface area contributed by atoms with Gasteiger partial charge in [-0.15, -0.1) is 5.10 Å². The molecule has 0 spiro atoms. The molecule has 0 unspecified atom stereocenters. The van der Waals surface area contributed by atoms with Crippen LogP contribution in [0.25, 0.3) is 0 Å². The predicted molar refractivity (Wildman–Crippen MR) is 93.2 cm³/mol. The summed E-state index contributed by atoms with van der Waals surface area (Å²) < 4.78 is 3.74. The number of nitrogens with zero attached hydrogens (tertiary/aromatic N) is 3. The summed E-state index contributed by atoms with van der Waals surface area (Å²) in [5.41, 5.74) is 2.03. The van der Waals surface area contributed by atoms with Crippen molar-refractivity contribution in [3.63, 3.8) is 0 Å². The van der Waals surface area contributed by atoms with Crippen LogP contribution < -0.4 is 10.2 Å². The van der Waals surface area contributed by atoms with Crippen molar-refractivity contribution in [2.24, 2.45) is 0 Å². The summed E-state index contributed by atoms with van der Waals surface area (Å²) in [7, 11) is 0. The number of aryl methyl sites for hydroxylation is 1. The minimum atomic E-state index is -0.311. The van der Waals surface area contributed by atoms with E-state index in [1.165, 1.54) is 4.90 Å². The SMILES string of the molecule is Cc1ccc(N(CC(=O)NC2CCCC2)C(=O)c2csnn2)cc1. The summed E-state index contributed by atoms with van der Waals surface area (Å²) in [6.07, 6.45) is 4.33. The maximum Gasteiger partial charge on any atom is 0.280 e. The third kappa shape index (κ3) is 3.97. The molecule has 1 aromatic heterocycles. The highest BCUT2D eigenvalue weighted by Crippen LogP contribution is 2.19. The Morgan fingerprint density at radius 2 is 1.96 bits per heavy atom. The monoisotopic (exact) mass is 344 g/mol. The molecule has 0 bridgehead atoms. The number of benzene rings is 1. The van der Waals surface area contributed by atoms with E-state index in [1.54, 1.807) is 5.38 Å². The van der Waals surface area contributed by atoms with Gasteiger partial charge in [0.15, 0.2) is 5.69 Å². The van der Waals surface area contributed by atoms with Gasteiger partial charge in [-0.05, 0) is 43.4 Å². The van der Waals surface area contributed by atoms with Crippen LogP contribution in [-0.4, -0.2) is 34.0 Å². The second kappa shape index (κ2) is 7.53.